The standard InChI is InChI=1S/C27H36N8O/c1-18-15-34(16-19(2)33(18)3)21-8-10-23(28-14-21)31-26-29-13-20-7-9-22-25(36)30-17-27(11-5-4-6-12-27)35(22)24(20)32-26/h7-10,13-14,18-19,22H,4-6,11-12,15-17H2,1-3H3,(H,30,36)(H,28,29,31,32)/t18-,19+,22?. The minimum atomic E-state index is -0.321. The van der Waals surface area contributed by atoms with Crippen molar-refractivity contribution in [2.45, 2.75) is 69.6 Å². The number of carbonyl (C=O) groups is 1. The van der Waals surface area contributed by atoms with Crippen LogP contribution in [0, 0.1) is 0 Å². The zero-order valence-corrected chi connectivity index (χ0v) is 21.4. The number of rotatable bonds is 3. The van der Waals surface area contributed by atoms with Crippen LogP contribution in [0.15, 0.2) is 30.6 Å². The van der Waals surface area contributed by atoms with Gasteiger partial charge in [0.05, 0.1) is 17.4 Å². The molecule has 2 aromatic rings. The molecule has 3 fully saturated rings. The second-order valence-electron chi connectivity index (χ2n) is 10.9. The molecule has 1 amide bonds. The summed E-state index contributed by atoms with van der Waals surface area (Å²) in [7, 11) is 2.20. The van der Waals surface area contributed by atoms with Gasteiger partial charge in [-0.05, 0) is 45.9 Å². The Morgan fingerprint density at radius 3 is 2.56 bits per heavy atom. The van der Waals surface area contributed by atoms with E-state index in [9.17, 15) is 4.79 Å². The first-order valence-electron chi connectivity index (χ1n) is 13.3. The molecule has 2 saturated heterocycles. The Balaban J connectivity index is 1.24. The minimum Gasteiger partial charge on any atom is -0.367 e. The lowest BCUT2D eigenvalue weighted by molar-refractivity contribution is -0.123. The Hall–Kier alpha value is -3.20. The molecule has 3 aliphatic heterocycles. The molecule has 0 radical (unpaired) electrons. The Labute approximate surface area is 213 Å². The average molecular weight is 489 g/mol. The molecular weight excluding hydrogens is 452 g/mol. The van der Waals surface area contributed by atoms with Crippen molar-refractivity contribution in [1.82, 2.24) is 25.2 Å². The number of carbonyl (C=O) groups excluding carboxylic acids is 1. The Bertz CT molecular complexity index is 1150. The van der Waals surface area contributed by atoms with Gasteiger partial charge in [-0.15, -0.1) is 0 Å². The Kier molecular flexibility index (Phi) is 5.82. The lowest BCUT2D eigenvalue weighted by Crippen LogP contribution is -2.69. The van der Waals surface area contributed by atoms with Gasteiger partial charge in [0.1, 0.15) is 17.7 Å². The quantitative estimate of drug-likeness (QED) is 0.681. The summed E-state index contributed by atoms with van der Waals surface area (Å²) in [5.74, 6) is 2.10. The van der Waals surface area contributed by atoms with E-state index in [2.05, 4.69) is 62.3 Å². The van der Waals surface area contributed by atoms with Crippen LogP contribution >= 0.6 is 0 Å². The van der Waals surface area contributed by atoms with E-state index in [4.69, 9.17) is 4.98 Å². The number of hydrogen-bond acceptors (Lipinski definition) is 8. The summed E-state index contributed by atoms with van der Waals surface area (Å²) in [6.07, 6.45) is 13.5. The predicted molar refractivity (Wildman–Crippen MR) is 143 cm³/mol. The number of fused-ring (bicyclic) bond motifs is 4. The van der Waals surface area contributed by atoms with E-state index >= 15 is 0 Å². The van der Waals surface area contributed by atoms with Gasteiger partial charge in [-0.25, -0.2) is 9.97 Å². The summed E-state index contributed by atoms with van der Waals surface area (Å²) >= 11 is 0. The third kappa shape index (κ3) is 3.99. The number of hydrogen-bond donors (Lipinski definition) is 2. The summed E-state index contributed by atoms with van der Waals surface area (Å²) in [6, 6.07) is 4.78. The van der Waals surface area contributed by atoms with Crippen molar-refractivity contribution in [3.05, 3.63) is 36.2 Å². The fourth-order valence-electron chi connectivity index (χ4n) is 6.34. The zero-order valence-electron chi connectivity index (χ0n) is 21.4. The van der Waals surface area contributed by atoms with Crippen molar-refractivity contribution in [2.24, 2.45) is 0 Å². The first-order valence-corrected chi connectivity index (χ1v) is 13.3. The number of amides is 1. The van der Waals surface area contributed by atoms with Gasteiger partial charge in [-0.3, -0.25) is 9.69 Å². The maximum atomic E-state index is 12.8. The maximum Gasteiger partial charge on any atom is 0.246 e. The normalized spacial score (nSPS) is 27.4. The van der Waals surface area contributed by atoms with Crippen LogP contribution in [0.1, 0.15) is 51.5 Å². The second-order valence-corrected chi connectivity index (χ2v) is 10.9. The topological polar surface area (TPSA) is 89.5 Å². The zero-order chi connectivity index (χ0) is 24.9. The molecule has 2 aromatic heterocycles. The molecule has 36 heavy (non-hydrogen) atoms. The minimum absolute atomic E-state index is 0.0472. The summed E-state index contributed by atoms with van der Waals surface area (Å²) in [5.41, 5.74) is 2.00. The molecule has 9 heteroatoms. The van der Waals surface area contributed by atoms with Gasteiger partial charge < -0.3 is 20.4 Å². The lowest BCUT2D eigenvalue weighted by Gasteiger charge is -2.54. The van der Waals surface area contributed by atoms with Crippen molar-refractivity contribution >= 4 is 35.3 Å². The summed E-state index contributed by atoms with van der Waals surface area (Å²) in [6.45, 7) is 7.19. The number of nitrogens with zero attached hydrogens (tertiary/aromatic N) is 6. The van der Waals surface area contributed by atoms with Crippen molar-refractivity contribution in [2.75, 3.05) is 41.8 Å². The smallest absolute Gasteiger partial charge is 0.246 e. The van der Waals surface area contributed by atoms with Crippen LogP contribution in [0.4, 0.5) is 23.3 Å². The summed E-state index contributed by atoms with van der Waals surface area (Å²) < 4.78 is 0. The van der Waals surface area contributed by atoms with Crippen LogP contribution in [0.5, 0.6) is 0 Å². The number of aromatic nitrogens is 3. The molecule has 1 aliphatic carbocycles. The van der Waals surface area contributed by atoms with Gasteiger partial charge in [-0.1, -0.05) is 31.4 Å². The molecule has 3 atom stereocenters. The first kappa shape index (κ1) is 23.2. The van der Waals surface area contributed by atoms with Crippen LogP contribution in [0.25, 0.3) is 6.08 Å². The molecule has 0 aromatic carbocycles. The monoisotopic (exact) mass is 488 g/mol. The van der Waals surface area contributed by atoms with Gasteiger partial charge in [0, 0.05) is 43.5 Å². The van der Waals surface area contributed by atoms with Crippen LogP contribution in [0.3, 0.4) is 0 Å². The van der Waals surface area contributed by atoms with Crippen LogP contribution in [0.2, 0.25) is 0 Å². The predicted octanol–water partition coefficient (Wildman–Crippen LogP) is 3.18. The molecule has 9 nitrogen and oxygen atoms in total. The number of likely N-dealkylation sites (N-methyl/N-ethyl adjacent to an activating group) is 1. The van der Waals surface area contributed by atoms with E-state index in [-0.39, 0.29) is 17.5 Å². The second kappa shape index (κ2) is 9.03. The highest BCUT2D eigenvalue weighted by molar-refractivity contribution is 5.93. The highest BCUT2D eigenvalue weighted by Crippen LogP contribution is 2.42. The molecule has 2 N–H and O–H groups in total. The van der Waals surface area contributed by atoms with Crippen molar-refractivity contribution in [1.29, 1.82) is 0 Å². The van der Waals surface area contributed by atoms with Gasteiger partial charge in [0.25, 0.3) is 0 Å². The number of pyridine rings is 1. The molecule has 1 saturated carbocycles. The SMILES string of the molecule is C[C@@H]1CN(c2ccc(Nc3ncc4c(n3)N3C(C=C4)C(=O)NCC34CCCCC4)nc2)C[C@H](C)N1C. The van der Waals surface area contributed by atoms with E-state index in [1.54, 1.807) is 0 Å². The fraction of sp³-hybridized carbons (Fsp3) is 0.556. The molecule has 190 valence electrons. The van der Waals surface area contributed by atoms with Crippen LogP contribution in [-0.4, -0.2) is 76.1 Å². The van der Waals surface area contributed by atoms with E-state index < -0.39 is 0 Å². The van der Waals surface area contributed by atoms with E-state index in [0.717, 1.165) is 43.0 Å². The fourth-order valence-corrected chi connectivity index (χ4v) is 6.34. The molecule has 0 bridgehead atoms. The van der Waals surface area contributed by atoms with Gasteiger partial charge in [-0.2, -0.15) is 4.98 Å². The van der Waals surface area contributed by atoms with Gasteiger partial charge in [0.2, 0.25) is 11.9 Å². The summed E-state index contributed by atoms with van der Waals surface area (Å²) in [4.78, 5) is 34.1. The molecular formula is C27H36N8O. The van der Waals surface area contributed by atoms with Crippen LogP contribution < -0.4 is 20.4 Å². The molecule has 1 spiro atoms. The average Bonchev–Trinajstić information content (AvgIpc) is 2.90. The third-order valence-corrected chi connectivity index (χ3v) is 8.63. The van der Waals surface area contributed by atoms with Gasteiger partial charge in [0.15, 0.2) is 0 Å². The Morgan fingerprint density at radius 1 is 1.06 bits per heavy atom. The van der Waals surface area contributed by atoms with Crippen molar-refractivity contribution < 1.29 is 4.79 Å². The van der Waals surface area contributed by atoms with E-state index in [1.807, 2.05) is 30.6 Å². The largest absolute Gasteiger partial charge is 0.367 e. The molecule has 6 rings (SSSR count). The molecule has 4 aliphatic rings. The summed E-state index contributed by atoms with van der Waals surface area (Å²) in [5, 5.41) is 6.46. The molecule has 1 unspecified atom stereocenters. The van der Waals surface area contributed by atoms with Crippen LogP contribution in [-0.2, 0) is 4.79 Å². The molecule has 5 heterocycles. The first-order chi connectivity index (χ1) is 17.4. The van der Waals surface area contributed by atoms with Gasteiger partial charge >= 0.3 is 0 Å². The number of nitrogens with one attached hydrogen (secondary N) is 2. The van der Waals surface area contributed by atoms with E-state index in [0.29, 0.717) is 30.4 Å². The highest BCUT2D eigenvalue weighted by atomic mass is 16.2. The van der Waals surface area contributed by atoms with Crippen molar-refractivity contribution in [3.63, 3.8) is 0 Å². The number of piperazine rings is 2. The highest BCUT2D eigenvalue weighted by Gasteiger charge is 2.49. The lowest BCUT2D eigenvalue weighted by atomic mass is 9.77. The van der Waals surface area contributed by atoms with Crippen molar-refractivity contribution in [3.8, 4) is 0 Å². The Morgan fingerprint density at radius 2 is 1.83 bits per heavy atom. The maximum absolute atomic E-state index is 12.8. The third-order valence-electron chi connectivity index (χ3n) is 8.63. The number of anilines is 4. The van der Waals surface area contributed by atoms with E-state index in [1.165, 1.54) is 19.3 Å².